The third-order valence-corrected chi connectivity index (χ3v) is 6.54. The molecule has 0 radical (unpaired) electrons. The highest BCUT2D eigenvalue weighted by Crippen LogP contribution is 2.50. The second-order valence-electron chi connectivity index (χ2n) is 8.13. The highest BCUT2D eigenvalue weighted by atomic mass is 16.2. The molecule has 3 aliphatic rings. The van der Waals surface area contributed by atoms with Crippen LogP contribution in [0.4, 0.5) is 0 Å². The van der Waals surface area contributed by atoms with Gasteiger partial charge in [0.05, 0.1) is 0 Å². The topological polar surface area (TPSA) is 91.0 Å². The van der Waals surface area contributed by atoms with Crippen LogP contribution in [-0.2, 0) is 4.79 Å². The summed E-state index contributed by atoms with van der Waals surface area (Å²) < 4.78 is 0. The summed E-state index contributed by atoms with van der Waals surface area (Å²) in [6.45, 7) is 1.57. The molecule has 26 heavy (non-hydrogen) atoms. The second kappa shape index (κ2) is 7.37. The number of amides is 2. The number of nitrogens with zero attached hydrogens (tertiary/aromatic N) is 3. The van der Waals surface area contributed by atoms with E-state index in [1.54, 1.807) is 7.05 Å². The summed E-state index contributed by atoms with van der Waals surface area (Å²) in [5.41, 5.74) is 0. The molecule has 4 rings (SSSR count). The minimum Gasteiger partial charge on any atom is -0.352 e. The Morgan fingerprint density at radius 1 is 1.12 bits per heavy atom. The fraction of sp³-hybridized carbons (Fsp3) is 0.789. The number of H-pyrrole nitrogens is 1. The second-order valence-corrected chi connectivity index (χ2v) is 8.13. The van der Waals surface area contributed by atoms with Crippen LogP contribution in [0.1, 0.15) is 73.7 Å². The number of rotatable bonds is 4. The largest absolute Gasteiger partial charge is 0.352 e. The van der Waals surface area contributed by atoms with E-state index in [4.69, 9.17) is 0 Å². The average molecular weight is 359 g/mol. The van der Waals surface area contributed by atoms with Gasteiger partial charge in [0.2, 0.25) is 11.7 Å². The third kappa shape index (κ3) is 3.48. The minimum absolute atomic E-state index is 0.189. The number of aromatic nitrogens is 3. The number of carbonyl (C=O) groups is 2. The van der Waals surface area contributed by atoms with Crippen molar-refractivity contribution >= 4 is 11.8 Å². The summed E-state index contributed by atoms with van der Waals surface area (Å²) in [5.74, 6) is 3.05. The number of hydrogen-bond acceptors (Lipinski definition) is 4. The van der Waals surface area contributed by atoms with Gasteiger partial charge in [-0.25, -0.2) is 4.98 Å². The van der Waals surface area contributed by atoms with Gasteiger partial charge < -0.3 is 10.2 Å². The van der Waals surface area contributed by atoms with E-state index in [2.05, 4.69) is 25.4 Å². The Labute approximate surface area is 154 Å². The van der Waals surface area contributed by atoms with Gasteiger partial charge in [0, 0.05) is 32.0 Å². The fourth-order valence-corrected chi connectivity index (χ4v) is 4.86. The highest BCUT2D eigenvalue weighted by molar-refractivity contribution is 5.90. The van der Waals surface area contributed by atoms with Crippen LogP contribution in [0.3, 0.4) is 0 Å². The molecule has 7 nitrogen and oxygen atoms in total. The molecule has 2 N–H and O–H groups in total. The van der Waals surface area contributed by atoms with Crippen LogP contribution < -0.4 is 5.32 Å². The Kier molecular flexibility index (Phi) is 4.96. The molecule has 1 aromatic heterocycles. The van der Waals surface area contributed by atoms with Crippen molar-refractivity contribution < 1.29 is 9.59 Å². The molecule has 2 heterocycles. The van der Waals surface area contributed by atoms with Gasteiger partial charge in [-0.3, -0.25) is 14.7 Å². The Bertz CT molecular complexity index is 659. The smallest absolute Gasteiger partial charge is 0.290 e. The van der Waals surface area contributed by atoms with E-state index >= 15 is 0 Å². The van der Waals surface area contributed by atoms with E-state index in [-0.39, 0.29) is 17.6 Å². The van der Waals surface area contributed by atoms with Crippen molar-refractivity contribution in [2.75, 3.05) is 20.1 Å². The molecular formula is C19H29N5O2. The van der Waals surface area contributed by atoms with Crippen molar-refractivity contribution in [2.24, 2.45) is 17.8 Å². The molecule has 2 atom stereocenters. The quantitative estimate of drug-likeness (QED) is 0.861. The predicted octanol–water partition coefficient (Wildman–Crippen LogP) is 2.09. The predicted molar refractivity (Wildman–Crippen MR) is 96.5 cm³/mol. The summed E-state index contributed by atoms with van der Waals surface area (Å²) in [7, 11) is 1.57. The Morgan fingerprint density at radius 3 is 2.54 bits per heavy atom. The van der Waals surface area contributed by atoms with Crippen molar-refractivity contribution in [3.63, 3.8) is 0 Å². The van der Waals surface area contributed by atoms with Crippen molar-refractivity contribution in [1.29, 1.82) is 0 Å². The van der Waals surface area contributed by atoms with Gasteiger partial charge in [-0.2, -0.15) is 0 Å². The van der Waals surface area contributed by atoms with Crippen LogP contribution in [0, 0.1) is 17.8 Å². The van der Waals surface area contributed by atoms with Crippen molar-refractivity contribution in [3.05, 3.63) is 11.6 Å². The normalized spacial score (nSPS) is 27.3. The average Bonchev–Trinajstić information content (AvgIpc) is 3.35. The fourth-order valence-electron chi connectivity index (χ4n) is 4.86. The van der Waals surface area contributed by atoms with E-state index < -0.39 is 0 Å². The Hall–Kier alpha value is -1.92. The van der Waals surface area contributed by atoms with Crippen LogP contribution in [0.15, 0.2) is 0 Å². The van der Waals surface area contributed by atoms with Gasteiger partial charge in [0.15, 0.2) is 0 Å². The summed E-state index contributed by atoms with van der Waals surface area (Å²) in [4.78, 5) is 30.8. The SMILES string of the molecule is CNC(=O)c1n[nH]c(C2CCN(C(=O)C3CC3C3CCCCC3)CC2)n1. The zero-order valence-corrected chi connectivity index (χ0v) is 15.5. The molecule has 3 fully saturated rings. The molecule has 2 aliphatic carbocycles. The van der Waals surface area contributed by atoms with E-state index in [1.807, 2.05) is 0 Å². The first-order valence-electron chi connectivity index (χ1n) is 10.1. The van der Waals surface area contributed by atoms with Crippen LogP contribution in [0.5, 0.6) is 0 Å². The molecule has 1 aliphatic heterocycles. The Balaban J connectivity index is 1.28. The number of aromatic amines is 1. The lowest BCUT2D eigenvalue weighted by molar-refractivity contribution is -0.134. The van der Waals surface area contributed by atoms with Gasteiger partial charge >= 0.3 is 0 Å². The van der Waals surface area contributed by atoms with Crippen molar-refractivity contribution in [1.82, 2.24) is 25.4 Å². The summed E-state index contributed by atoms with van der Waals surface area (Å²) in [6, 6.07) is 0. The van der Waals surface area contributed by atoms with Gasteiger partial charge in [-0.15, -0.1) is 5.10 Å². The number of likely N-dealkylation sites (tertiary alicyclic amines) is 1. The molecule has 7 heteroatoms. The van der Waals surface area contributed by atoms with E-state index in [9.17, 15) is 9.59 Å². The maximum absolute atomic E-state index is 12.8. The molecule has 0 spiro atoms. The van der Waals surface area contributed by atoms with Crippen LogP contribution >= 0.6 is 0 Å². The molecule has 2 amide bonds. The van der Waals surface area contributed by atoms with Gasteiger partial charge in [0.1, 0.15) is 5.82 Å². The lowest BCUT2D eigenvalue weighted by Crippen LogP contribution is -2.39. The number of hydrogen-bond donors (Lipinski definition) is 2. The van der Waals surface area contributed by atoms with Crippen LogP contribution in [-0.4, -0.2) is 52.0 Å². The summed E-state index contributed by atoms with van der Waals surface area (Å²) >= 11 is 0. The maximum Gasteiger partial charge on any atom is 0.290 e. The molecule has 0 aromatic carbocycles. The Morgan fingerprint density at radius 2 is 1.85 bits per heavy atom. The van der Waals surface area contributed by atoms with Crippen LogP contribution in [0.25, 0.3) is 0 Å². The molecule has 0 bridgehead atoms. The molecular weight excluding hydrogens is 330 g/mol. The van der Waals surface area contributed by atoms with E-state index in [1.165, 1.54) is 32.1 Å². The summed E-state index contributed by atoms with van der Waals surface area (Å²) in [6.07, 6.45) is 9.61. The molecule has 2 unspecified atom stereocenters. The van der Waals surface area contributed by atoms with Crippen LogP contribution in [0.2, 0.25) is 0 Å². The number of nitrogens with one attached hydrogen (secondary N) is 2. The lowest BCUT2D eigenvalue weighted by Gasteiger charge is -2.31. The first-order valence-corrected chi connectivity index (χ1v) is 10.1. The first kappa shape index (κ1) is 17.5. The monoisotopic (exact) mass is 359 g/mol. The maximum atomic E-state index is 12.8. The van der Waals surface area contributed by atoms with Crippen molar-refractivity contribution in [3.8, 4) is 0 Å². The zero-order valence-electron chi connectivity index (χ0n) is 15.5. The van der Waals surface area contributed by atoms with Gasteiger partial charge in [-0.05, 0) is 31.1 Å². The van der Waals surface area contributed by atoms with E-state index in [0.717, 1.165) is 44.1 Å². The standard InChI is InChI=1S/C19H29N5O2/c1-20-18(25)17-21-16(22-23-17)13-7-9-24(10-8-13)19(26)15-11-14(15)12-5-3-2-4-6-12/h12-15H,2-11H2,1H3,(H,20,25)(H,21,22,23). The highest BCUT2D eigenvalue weighted by Gasteiger charge is 2.49. The number of piperidine rings is 1. The minimum atomic E-state index is -0.275. The van der Waals surface area contributed by atoms with Crippen molar-refractivity contribution in [2.45, 2.75) is 57.3 Å². The molecule has 2 saturated carbocycles. The van der Waals surface area contributed by atoms with E-state index in [0.29, 0.717) is 17.7 Å². The third-order valence-electron chi connectivity index (χ3n) is 6.54. The summed E-state index contributed by atoms with van der Waals surface area (Å²) in [5, 5.41) is 9.42. The molecule has 1 aromatic rings. The zero-order chi connectivity index (χ0) is 18.1. The molecule has 142 valence electrons. The number of carbonyl (C=O) groups excluding carboxylic acids is 2. The van der Waals surface area contributed by atoms with Gasteiger partial charge in [0.25, 0.3) is 5.91 Å². The first-order chi connectivity index (χ1) is 12.7. The molecule has 1 saturated heterocycles. The lowest BCUT2D eigenvalue weighted by atomic mass is 9.85. The van der Waals surface area contributed by atoms with Gasteiger partial charge in [-0.1, -0.05) is 32.1 Å².